The maximum atomic E-state index is 10.4. The lowest BCUT2D eigenvalue weighted by atomic mass is 10.1. The predicted octanol–water partition coefficient (Wildman–Crippen LogP) is 4.94. The summed E-state index contributed by atoms with van der Waals surface area (Å²) in [5.74, 6) is -1.50. The highest BCUT2D eigenvalue weighted by Crippen LogP contribution is 2.25. The van der Waals surface area contributed by atoms with E-state index < -0.39 is 20.0 Å². The standard InChI is InChI=1S/C16H36N.C2H2Cl3NO4S/c1-5-9-13-17(14-10-6-2,15-11-7-3)16-12-8-4;3-2(4,5)1(7)6-11(8,9)10/h5-16H2,1-4H3;(H,6,7)(H,8,9,10)/q+1;/p-1. The molecule has 0 saturated carbocycles. The van der Waals surface area contributed by atoms with Crippen LogP contribution in [0.2, 0.25) is 0 Å². The van der Waals surface area contributed by atoms with Gasteiger partial charge in [0, 0.05) is 0 Å². The Kier molecular flexibility index (Phi) is 17.3. The number of rotatable bonds is 13. The number of nitrogens with zero attached hydrogens (tertiary/aromatic N) is 1. The largest absolute Gasteiger partial charge is 0.731 e. The quantitative estimate of drug-likeness (QED) is 0.228. The zero-order valence-corrected chi connectivity index (χ0v) is 20.7. The zero-order valence-electron chi connectivity index (χ0n) is 17.6. The van der Waals surface area contributed by atoms with Crippen LogP contribution in [0.4, 0.5) is 0 Å². The second kappa shape index (κ2) is 16.0. The Bertz CT molecular complexity index is 474. The Hall–Kier alpha value is 0.210. The van der Waals surface area contributed by atoms with Crippen LogP contribution < -0.4 is 4.72 Å². The van der Waals surface area contributed by atoms with Crippen LogP contribution in [0.3, 0.4) is 0 Å². The number of unbranched alkanes of at least 4 members (excludes halogenated alkanes) is 4. The van der Waals surface area contributed by atoms with Crippen molar-refractivity contribution < 1.29 is 22.2 Å². The number of carbonyl (C=O) groups excluding carboxylic acids is 1. The van der Waals surface area contributed by atoms with E-state index >= 15 is 0 Å². The van der Waals surface area contributed by atoms with Crippen molar-refractivity contribution >= 4 is 51.0 Å². The van der Waals surface area contributed by atoms with Gasteiger partial charge in [-0.3, -0.25) is 9.52 Å². The number of quaternary nitrogens is 1. The van der Waals surface area contributed by atoms with Gasteiger partial charge in [0.15, 0.2) is 10.3 Å². The third-order valence-corrected chi connectivity index (χ3v) is 5.37. The fourth-order valence-corrected chi connectivity index (χ4v) is 3.51. The molecule has 0 aliphatic heterocycles. The van der Waals surface area contributed by atoms with E-state index in [1.165, 1.54) is 82.0 Å². The van der Waals surface area contributed by atoms with Crippen molar-refractivity contribution in [3.05, 3.63) is 0 Å². The first-order chi connectivity index (χ1) is 12.9. The lowest BCUT2D eigenvalue weighted by molar-refractivity contribution is -0.929. The molecule has 0 radical (unpaired) electrons. The molecule has 0 aliphatic rings. The highest BCUT2D eigenvalue weighted by atomic mass is 35.6. The van der Waals surface area contributed by atoms with E-state index in [9.17, 15) is 17.8 Å². The number of nitrogens with one attached hydrogen (secondary N) is 1. The summed E-state index contributed by atoms with van der Waals surface area (Å²) < 4.78 is 29.4. The number of carbonyl (C=O) groups is 1. The number of hydrogen-bond donors (Lipinski definition) is 1. The van der Waals surface area contributed by atoms with Gasteiger partial charge in [0.1, 0.15) is 0 Å². The van der Waals surface area contributed by atoms with Crippen molar-refractivity contribution in [2.45, 2.75) is 82.9 Å². The van der Waals surface area contributed by atoms with E-state index in [4.69, 9.17) is 34.8 Å². The van der Waals surface area contributed by atoms with Crippen molar-refractivity contribution in [2.24, 2.45) is 0 Å². The molecule has 0 aromatic rings. The Morgan fingerprint density at radius 2 is 1.11 bits per heavy atom. The van der Waals surface area contributed by atoms with Crippen LogP contribution in [0.5, 0.6) is 0 Å². The molecule has 0 heterocycles. The third-order valence-electron chi connectivity index (χ3n) is 4.42. The summed E-state index contributed by atoms with van der Waals surface area (Å²) in [4.78, 5) is 10.4. The maximum absolute atomic E-state index is 10.4. The van der Waals surface area contributed by atoms with Crippen molar-refractivity contribution in [2.75, 3.05) is 26.2 Å². The van der Waals surface area contributed by atoms with Gasteiger partial charge in [-0.2, -0.15) is 0 Å². The van der Waals surface area contributed by atoms with Gasteiger partial charge in [0.05, 0.1) is 26.2 Å². The SMILES string of the molecule is CCCC[N+](CCCC)(CCCC)CCCC.O=C(NS(=O)(=O)[O-])C(Cl)(Cl)Cl. The lowest BCUT2D eigenvalue weighted by Crippen LogP contribution is -2.50. The van der Waals surface area contributed by atoms with E-state index in [1.54, 1.807) is 0 Å². The molecular weight excluding hydrogens is 447 g/mol. The molecule has 0 aromatic heterocycles. The third kappa shape index (κ3) is 17.1. The predicted molar refractivity (Wildman–Crippen MR) is 117 cm³/mol. The van der Waals surface area contributed by atoms with Gasteiger partial charge in [0.2, 0.25) is 0 Å². The average molecular weight is 484 g/mol. The molecule has 28 heavy (non-hydrogen) atoms. The fraction of sp³-hybridized carbons (Fsp3) is 0.944. The molecule has 0 aliphatic carbocycles. The minimum atomic E-state index is -4.91. The highest BCUT2D eigenvalue weighted by molar-refractivity contribution is 7.84. The number of halogens is 3. The number of hydrogen-bond acceptors (Lipinski definition) is 4. The molecule has 1 amide bonds. The van der Waals surface area contributed by atoms with E-state index in [2.05, 4.69) is 27.7 Å². The first-order valence-electron chi connectivity index (χ1n) is 10.1. The number of amides is 1. The van der Waals surface area contributed by atoms with Crippen LogP contribution in [0, 0.1) is 0 Å². The smallest absolute Gasteiger partial charge is 0.284 e. The Labute approximate surface area is 186 Å². The van der Waals surface area contributed by atoms with E-state index in [1.807, 2.05) is 0 Å². The molecule has 170 valence electrons. The van der Waals surface area contributed by atoms with Crippen molar-refractivity contribution in [1.82, 2.24) is 4.72 Å². The minimum Gasteiger partial charge on any atom is -0.731 e. The summed E-state index contributed by atoms with van der Waals surface area (Å²) in [7, 11) is -4.91. The van der Waals surface area contributed by atoms with Gasteiger partial charge in [-0.1, -0.05) is 88.2 Å². The van der Waals surface area contributed by atoms with Crippen molar-refractivity contribution in [1.29, 1.82) is 0 Å². The fourth-order valence-electron chi connectivity index (χ4n) is 2.82. The van der Waals surface area contributed by atoms with Crippen LogP contribution in [-0.2, 0) is 15.1 Å². The van der Waals surface area contributed by atoms with Gasteiger partial charge in [-0.15, -0.1) is 0 Å². The van der Waals surface area contributed by atoms with Gasteiger partial charge in [-0.25, -0.2) is 8.42 Å². The molecule has 0 rings (SSSR count). The molecule has 0 aromatic carbocycles. The molecule has 10 heteroatoms. The summed E-state index contributed by atoms with van der Waals surface area (Å²) in [6, 6.07) is 0. The Balaban J connectivity index is 0. The van der Waals surface area contributed by atoms with Crippen LogP contribution >= 0.6 is 34.8 Å². The second-order valence-electron chi connectivity index (χ2n) is 7.03. The van der Waals surface area contributed by atoms with Gasteiger partial charge in [-0.05, 0) is 25.7 Å². The average Bonchev–Trinajstić information content (AvgIpc) is 2.59. The summed E-state index contributed by atoms with van der Waals surface area (Å²) in [5, 5.41) is 0. The summed E-state index contributed by atoms with van der Waals surface area (Å²) in [6.07, 6.45) is 11.1. The van der Waals surface area contributed by atoms with E-state index in [0.29, 0.717) is 0 Å². The maximum Gasteiger partial charge on any atom is 0.284 e. The molecule has 0 unspecified atom stereocenters. The van der Waals surface area contributed by atoms with Crippen molar-refractivity contribution in [3.63, 3.8) is 0 Å². The molecule has 0 fully saturated rings. The zero-order chi connectivity index (χ0) is 22.3. The van der Waals surface area contributed by atoms with Crippen molar-refractivity contribution in [3.8, 4) is 0 Å². The molecule has 0 bridgehead atoms. The first kappa shape index (κ1) is 30.4. The minimum absolute atomic E-state index is 0.941. The molecule has 6 nitrogen and oxygen atoms in total. The Morgan fingerprint density at radius 3 is 1.25 bits per heavy atom. The van der Waals surface area contributed by atoms with E-state index in [-0.39, 0.29) is 0 Å². The number of alkyl halides is 3. The Morgan fingerprint density at radius 1 is 0.821 bits per heavy atom. The summed E-state index contributed by atoms with van der Waals surface area (Å²) in [5.41, 5.74) is 0. The normalized spacial score (nSPS) is 12.3. The topological polar surface area (TPSA) is 86.3 Å². The monoisotopic (exact) mass is 482 g/mol. The molecule has 0 atom stereocenters. The highest BCUT2D eigenvalue weighted by Gasteiger charge is 2.31. The van der Waals surface area contributed by atoms with Crippen LogP contribution in [0.25, 0.3) is 0 Å². The van der Waals surface area contributed by atoms with Gasteiger partial charge >= 0.3 is 0 Å². The van der Waals surface area contributed by atoms with Crippen LogP contribution in [-0.4, -0.2) is 53.3 Å². The molecular formula is C18H37Cl3N2O4S. The van der Waals surface area contributed by atoms with Crippen LogP contribution in [0.1, 0.15) is 79.1 Å². The summed E-state index contributed by atoms with van der Waals surface area (Å²) >= 11 is 14.7. The molecule has 0 spiro atoms. The molecule has 0 saturated heterocycles. The van der Waals surface area contributed by atoms with Gasteiger partial charge < -0.3 is 9.04 Å². The molecule has 1 N–H and O–H groups in total. The van der Waals surface area contributed by atoms with Gasteiger partial charge in [0.25, 0.3) is 9.70 Å². The lowest BCUT2D eigenvalue weighted by Gasteiger charge is -2.39. The van der Waals surface area contributed by atoms with Crippen LogP contribution in [0.15, 0.2) is 0 Å². The second-order valence-corrected chi connectivity index (χ2v) is 10.4. The summed E-state index contributed by atoms with van der Waals surface area (Å²) in [6.45, 7) is 15.0. The van der Waals surface area contributed by atoms with E-state index in [0.717, 1.165) is 4.72 Å². The first-order valence-corrected chi connectivity index (χ1v) is 12.6.